The zero-order valence-corrected chi connectivity index (χ0v) is 13.2. The lowest BCUT2D eigenvalue weighted by Crippen LogP contribution is -2.32. The molecule has 1 aliphatic rings. The number of hydrogen-bond acceptors (Lipinski definition) is 2. The van der Waals surface area contributed by atoms with Crippen molar-refractivity contribution >= 4 is 0 Å². The monoisotopic (exact) mass is 274 g/mol. The molecule has 0 aromatic carbocycles. The van der Waals surface area contributed by atoms with Crippen molar-refractivity contribution < 1.29 is 0 Å². The fourth-order valence-corrected chi connectivity index (χ4v) is 3.33. The summed E-state index contributed by atoms with van der Waals surface area (Å²) < 4.78 is 0. The molecule has 2 heteroatoms. The Morgan fingerprint density at radius 2 is 2.15 bits per heavy atom. The summed E-state index contributed by atoms with van der Waals surface area (Å²) in [4.78, 5) is 4.57. The van der Waals surface area contributed by atoms with Gasteiger partial charge in [-0.15, -0.1) is 0 Å². The van der Waals surface area contributed by atoms with E-state index < -0.39 is 0 Å². The predicted octanol–water partition coefficient (Wildman–Crippen LogP) is 4.27. The van der Waals surface area contributed by atoms with Gasteiger partial charge in [0.2, 0.25) is 0 Å². The van der Waals surface area contributed by atoms with Crippen molar-refractivity contribution in [3.63, 3.8) is 0 Å². The molecular weight excluding hydrogens is 244 g/mol. The second-order valence-electron chi connectivity index (χ2n) is 6.35. The van der Waals surface area contributed by atoms with Gasteiger partial charge >= 0.3 is 0 Å². The molecule has 1 unspecified atom stereocenters. The van der Waals surface area contributed by atoms with Crippen LogP contribution in [0.5, 0.6) is 0 Å². The third kappa shape index (κ3) is 4.90. The van der Waals surface area contributed by atoms with Gasteiger partial charge in [0.15, 0.2) is 0 Å². The van der Waals surface area contributed by atoms with Gasteiger partial charge in [0.1, 0.15) is 0 Å². The van der Waals surface area contributed by atoms with Crippen molar-refractivity contribution in [2.24, 2.45) is 5.92 Å². The molecule has 0 bridgehead atoms. The van der Waals surface area contributed by atoms with Crippen molar-refractivity contribution in [3.05, 3.63) is 29.6 Å². The van der Waals surface area contributed by atoms with E-state index in [1.54, 1.807) is 0 Å². The molecule has 1 saturated carbocycles. The van der Waals surface area contributed by atoms with Crippen LogP contribution in [-0.4, -0.2) is 17.6 Å². The Kier molecular flexibility index (Phi) is 6.52. The number of hydrogen-bond donors (Lipinski definition) is 1. The molecule has 0 amide bonds. The Bertz CT molecular complexity index is 383. The lowest BCUT2D eigenvalue weighted by molar-refractivity contribution is 0.400. The number of pyridine rings is 1. The van der Waals surface area contributed by atoms with E-state index in [0.29, 0.717) is 6.04 Å². The maximum absolute atomic E-state index is 4.57. The highest BCUT2D eigenvalue weighted by Crippen LogP contribution is 2.29. The van der Waals surface area contributed by atoms with E-state index >= 15 is 0 Å². The van der Waals surface area contributed by atoms with Crippen molar-refractivity contribution in [2.45, 2.75) is 71.3 Å². The Labute approximate surface area is 124 Å². The fraction of sp³-hybridized carbons (Fsp3) is 0.722. The normalized spacial score (nSPS) is 17.5. The first-order valence-electron chi connectivity index (χ1n) is 8.43. The van der Waals surface area contributed by atoms with Crippen LogP contribution < -0.4 is 5.32 Å². The van der Waals surface area contributed by atoms with E-state index in [-0.39, 0.29) is 0 Å². The van der Waals surface area contributed by atoms with Gasteiger partial charge in [0, 0.05) is 24.4 Å². The molecule has 0 aliphatic heterocycles. The molecule has 1 heterocycles. The van der Waals surface area contributed by atoms with Crippen LogP contribution in [0.1, 0.15) is 63.1 Å². The summed E-state index contributed by atoms with van der Waals surface area (Å²) in [5.74, 6) is 0.991. The van der Waals surface area contributed by atoms with Gasteiger partial charge in [-0.25, -0.2) is 0 Å². The van der Waals surface area contributed by atoms with Crippen LogP contribution in [0.4, 0.5) is 0 Å². The zero-order valence-electron chi connectivity index (χ0n) is 13.2. The standard InChI is InChI=1S/C18H30N2/c1-3-12-19-17(11-10-16-8-4-5-9-16)14-18-15(2)7-6-13-20-18/h6-7,13,16-17,19H,3-5,8-12,14H2,1-2H3. The highest BCUT2D eigenvalue weighted by atomic mass is 14.9. The first-order chi connectivity index (χ1) is 9.79. The number of aromatic nitrogens is 1. The predicted molar refractivity (Wildman–Crippen MR) is 86.0 cm³/mol. The smallest absolute Gasteiger partial charge is 0.0448 e. The summed E-state index contributed by atoms with van der Waals surface area (Å²) in [5.41, 5.74) is 2.60. The second-order valence-corrected chi connectivity index (χ2v) is 6.35. The first kappa shape index (κ1) is 15.5. The summed E-state index contributed by atoms with van der Waals surface area (Å²) in [6.45, 7) is 5.55. The van der Waals surface area contributed by atoms with E-state index in [4.69, 9.17) is 0 Å². The van der Waals surface area contributed by atoms with E-state index in [2.05, 4.69) is 30.2 Å². The molecule has 0 radical (unpaired) electrons. The van der Waals surface area contributed by atoms with E-state index in [9.17, 15) is 0 Å². The highest BCUT2D eigenvalue weighted by Gasteiger charge is 2.18. The van der Waals surface area contributed by atoms with Gasteiger partial charge in [-0.3, -0.25) is 4.98 Å². The minimum Gasteiger partial charge on any atom is -0.314 e. The van der Waals surface area contributed by atoms with Gasteiger partial charge in [0.25, 0.3) is 0 Å². The Morgan fingerprint density at radius 1 is 1.35 bits per heavy atom. The number of aryl methyl sites for hydroxylation is 1. The molecule has 2 nitrogen and oxygen atoms in total. The quantitative estimate of drug-likeness (QED) is 0.765. The van der Waals surface area contributed by atoms with Crippen molar-refractivity contribution in [1.29, 1.82) is 0 Å². The third-order valence-corrected chi connectivity index (χ3v) is 4.64. The van der Waals surface area contributed by atoms with E-state index in [1.807, 2.05) is 12.3 Å². The lowest BCUT2D eigenvalue weighted by Gasteiger charge is -2.20. The summed E-state index contributed by atoms with van der Waals surface area (Å²) in [5, 5.41) is 3.73. The van der Waals surface area contributed by atoms with Crippen LogP contribution in [0, 0.1) is 12.8 Å². The zero-order chi connectivity index (χ0) is 14.2. The lowest BCUT2D eigenvalue weighted by atomic mass is 9.95. The maximum atomic E-state index is 4.57. The Hall–Kier alpha value is -0.890. The number of nitrogens with zero attached hydrogens (tertiary/aromatic N) is 1. The average Bonchev–Trinajstić information content (AvgIpc) is 2.97. The largest absolute Gasteiger partial charge is 0.314 e. The fourth-order valence-electron chi connectivity index (χ4n) is 3.33. The highest BCUT2D eigenvalue weighted by molar-refractivity contribution is 5.18. The topological polar surface area (TPSA) is 24.9 Å². The van der Waals surface area contributed by atoms with Crippen LogP contribution in [0.15, 0.2) is 18.3 Å². The molecule has 20 heavy (non-hydrogen) atoms. The van der Waals surface area contributed by atoms with Gasteiger partial charge in [-0.2, -0.15) is 0 Å². The summed E-state index contributed by atoms with van der Waals surface area (Å²) in [7, 11) is 0. The van der Waals surface area contributed by atoms with Gasteiger partial charge in [-0.05, 0) is 50.3 Å². The molecule has 1 fully saturated rings. The van der Waals surface area contributed by atoms with E-state index in [1.165, 1.54) is 56.2 Å². The summed E-state index contributed by atoms with van der Waals surface area (Å²) in [6, 6.07) is 4.81. The molecule has 2 rings (SSSR count). The van der Waals surface area contributed by atoms with Crippen LogP contribution in [0.3, 0.4) is 0 Å². The van der Waals surface area contributed by atoms with Crippen molar-refractivity contribution in [1.82, 2.24) is 10.3 Å². The molecule has 0 saturated heterocycles. The molecule has 0 spiro atoms. The van der Waals surface area contributed by atoms with Crippen LogP contribution in [0.25, 0.3) is 0 Å². The minimum atomic E-state index is 0.601. The summed E-state index contributed by atoms with van der Waals surface area (Å²) in [6.07, 6.45) is 12.8. The Morgan fingerprint density at radius 3 is 2.85 bits per heavy atom. The van der Waals surface area contributed by atoms with Gasteiger partial charge in [-0.1, -0.05) is 38.7 Å². The third-order valence-electron chi connectivity index (χ3n) is 4.64. The summed E-state index contributed by atoms with van der Waals surface area (Å²) >= 11 is 0. The average molecular weight is 274 g/mol. The maximum Gasteiger partial charge on any atom is 0.0448 e. The molecule has 1 aromatic heterocycles. The minimum absolute atomic E-state index is 0.601. The second kappa shape index (κ2) is 8.41. The molecule has 1 N–H and O–H groups in total. The number of nitrogens with one attached hydrogen (secondary N) is 1. The first-order valence-corrected chi connectivity index (χ1v) is 8.43. The molecule has 112 valence electrons. The molecule has 1 aliphatic carbocycles. The van der Waals surface area contributed by atoms with Gasteiger partial charge in [0.05, 0.1) is 0 Å². The molecule has 1 aromatic rings. The van der Waals surface area contributed by atoms with E-state index in [0.717, 1.165) is 18.9 Å². The Balaban J connectivity index is 1.87. The van der Waals surface area contributed by atoms with Crippen molar-refractivity contribution in [2.75, 3.05) is 6.54 Å². The van der Waals surface area contributed by atoms with Crippen LogP contribution in [-0.2, 0) is 6.42 Å². The molecule has 1 atom stereocenters. The SMILES string of the molecule is CCCNC(CCC1CCCC1)Cc1ncccc1C. The van der Waals surface area contributed by atoms with Crippen LogP contribution in [0.2, 0.25) is 0 Å². The van der Waals surface area contributed by atoms with Crippen molar-refractivity contribution in [3.8, 4) is 0 Å². The number of rotatable bonds is 8. The van der Waals surface area contributed by atoms with Crippen LogP contribution >= 0.6 is 0 Å². The van der Waals surface area contributed by atoms with Gasteiger partial charge < -0.3 is 5.32 Å². The molecular formula is C18H30N2.